The summed E-state index contributed by atoms with van der Waals surface area (Å²) in [5.41, 5.74) is 0. The lowest BCUT2D eigenvalue weighted by atomic mass is 10.0. The Hall–Kier alpha value is -3.01. The minimum atomic E-state index is -1.51. The van der Waals surface area contributed by atoms with Crippen LogP contribution in [0.5, 0.6) is 0 Å². The minimum Gasteiger partial charge on any atom is -0.477 e. The van der Waals surface area contributed by atoms with Crippen molar-refractivity contribution in [3.05, 3.63) is 60.8 Å². The molecule has 9 heteroatoms. The van der Waals surface area contributed by atoms with Crippen molar-refractivity contribution in [2.24, 2.45) is 0 Å². The zero-order valence-electron chi connectivity index (χ0n) is 46.9. The first-order valence-corrected chi connectivity index (χ1v) is 29.5. The third-order valence-electron chi connectivity index (χ3n) is 12.8. The number of nitrogens with zero attached hydrogens (tertiary/aromatic N) is 1. The van der Waals surface area contributed by atoms with Gasteiger partial charge < -0.3 is 28.5 Å². The molecule has 0 aliphatic carbocycles. The first-order chi connectivity index (χ1) is 34.6. The van der Waals surface area contributed by atoms with E-state index in [9.17, 15) is 19.5 Å². The standard InChI is InChI=1S/C62H111NO8/c1-6-8-10-12-14-16-18-20-22-24-25-26-27-28-29-30-31-32-33-34-35-37-39-41-43-45-47-49-51-53-60(65)71-58(57-70-62(61(66)67)68-55-54-63(3,4)5)56-69-59(64)52-50-48-46-44-42-40-38-36-23-21-19-17-15-13-11-9-7-2/h8,10,14,16,20,22,25-26,28-29,58,62H,6-7,9,11-13,15,17-19,21,23-24,27,30-57H2,1-5H3/p+1/b10-8-,16-14-,22-20-,26-25-,29-28-. The molecule has 0 aromatic rings. The third kappa shape index (κ3) is 54.6. The predicted molar refractivity (Wildman–Crippen MR) is 300 cm³/mol. The number of carbonyl (C=O) groups is 3. The monoisotopic (exact) mass is 999 g/mol. The summed E-state index contributed by atoms with van der Waals surface area (Å²) >= 11 is 0. The van der Waals surface area contributed by atoms with E-state index in [1.54, 1.807) is 0 Å². The summed E-state index contributed by atoms with van der Waals surface area (Å²) in [6.07, 6.45) is 64.4. The molecule has 0 aliphatic heterocycles. The maximum absolute atomic E-state index is 12.9. The molecule has 0 spiro atoms. The van der Waals surface area contributed by atoms with Gasteiger partial charge >= 0.3 is 17.9 Å². The molecule has 0 radical (unpaired) electrons. The van der Waals surface area contributed by atoms with Crippen LogP contribution in [0.15, 0.2) is 60.8 Å². The van der Waals surface area contributed by atoms with Crippen LogP contribution in [0.1, 0.15) is 258 Å². The van der Waals surface area contributed by atoms with E-state index in [0.29, 0.717) is 17.4 Å². The van der Waals surface area contributed by atoms with Crippen LogP contribution in [0, 0.1) is 0 Å². The number of likely N-dealkylation sites (N-methyl/N-ethyl adjacent to an activating group) is 1. The number of rotatable bonds is 54. The quantitative estimate of drug-likeness (QED) is 0.0211. The highest BCUT2D eigenvalue weighted by Crippen LogP contribution is 2.17. The number of hydrogen-bond acceptors (Lipinski definition) is 7. The first kappa shape index (κ1) is 68.0. The van der Waals surface area contributed by atoms with Gasteiger partial charge in [0.15, 0.2) is 6.10 Å². The molecular formula is C62H112NO8+. The molecular weight excluding hydrogens is 887 g/mol. The predicted octanol–water partition coefficient (Wildman–Crippen LogP) is 17.2. The number of ether oxygens (including phenoxy) is 4. The summed E-state index contributed by atoms with van der Waals surface area (Å²) in [5.74, 6) is -1.99. The van der Waals surface area contributed by atoms with Crippen LogP contribution in [0.3, 0.4) is 0 Å². The first-order valence-electron chi connectivity index (χ1n) is 29.5. The largest absolute Gasteiger partial charge is 0.477 e. The molecule has 0 saturated carbocycles. The Bertz CT molecular complexity index is 1350. The van der Waals surface area contributed by atoms with E-state index in [2.05, 4.69) is 74.6 Å². The van der Waals surface area contributed by atoms with Crippen LogP contribution >= 0.6 is 0 Å². The van der Waals surface area contributed by atoms with E-state index in [1.807, 2.05) is 21.1 Å². The smallest absolute Gasteiger partial charge is 0.361 e. The molecule has 0 aromatic carbocycles. The number of carboxylic acids is 1. The molecule has 0 rings (SSSR count). The van der Waals surface area contributed by atoms with Crippen LogP contribution in [-0.2, 0) is 33.3 Å². The molecule has 0 fully saturated rings. The molecule has 0 bridgehead atoms. The number of allylic oxidation sites excluding steroid dienone is 10. The van der Waals surface area contributed by atoms with Gasteiger partial charge in [0.05, 0.1) is 34.4 Å². The summed E-state index contributed by atoms with van der Waals surface area (Å²) in [4.78, 5) is 37.4. The van der Waals surface area contributed by atoms with Gasteiger partial charge in [-0.15, -0.1) is 0 Å². The van der Waals surface area contributed by atoms with Gasteiger partial charge in [0, 0.05) is 12.8 Å². The topological polar surface area (TPSA) is 108 Å². The van der Waals surface area contributed by atoms with Crippen molar-refractivity contribution in [2.45, 2.75) is 270 Å². The Labute approximate surface area is 437 Å². The third-order valence-corrected chi connectivity index (χ3v) is 12.8. The Morgan fingerprint density at radius 1 is 0.437 bits per heavy atom. The van der Waals surface area contributed by atoms with E-state index in [-0.39, 0.29) is 32.2 Å². The van der Waals surface area contributed by atoms with Crippen molar-refractivity contribution in [2.75, 3.05) is 47.5 Å². The highest BCUT2D eigenvalue weighted by Gasteiger charge is 2.25. The minimum absolute atomic E-state index is 0.180. The van der Waals surface area contributed by atoms with Gasteiger partial charge in [-0.3, -0.25) is 9.59 Å². The fourth-order valence-corrected chi connectivity index (χ4v) is 8.28. The second-order valence-corrected chi connectivity index (χ2v) is 20.9. The Morgan fingerprint density at radius 3 is 1.20 bits per heavy atom. The van der Waals surface area contributed by atoms with Crippen molar-refractivity contribution in [3.8, 4) is 0 Å². The van der Waals surface area contributed by atoms with Gasteiger partial charge in [-0.2, -0.15) is 0 Å². The Balaban J connectivity index is 4.19. The molecule has 0 heterocycles. The molecule has 71 heavy (non-hydrogen) atoms. The van der Waals surface area contributed by atoms with E-state index in [0.717, 1.165) is 70.6 Å². The summed E-state index contributed by atoms with van der Waals surface area (Å²) in [6.45, 7) is 4.79. The maximum atomic E-state index is 12.9. The molecule has 9 nitrogen and oxygen atoms in total. The molecule has 0 aromatic heterocycles. The summed E-state index contributed by atoms with van der Waals surface area (Å²) in [5, 5.41) is 9.70. The zero-order chi connectivity index (χ0) is 52.0. The van der Waals surface area contributed by atoms with Crippen LogP contribution in [0.25, 0.3) is 0 Å². The molecule has 2 atom stereocenters. The Morgan fingerprint density at radius 2 is 0.803 bits per heavy atom. The maximum Gasteiger partial charge on any atom is 0.361 e. The molecule has 412 valence electrons. The van der Waals surface area contributed by atoms with E-state index in [1.165, 1.54) is 161 Å². The van der Waals surface area contributed by atoms with Gasteiger partial charge in [0.1, 0.15) is 13.2 Å². The normalized spacial score (nSPS) is 13.2. The molecule has 0 saturated heterocycles. The van der Waals surface area contributed by atoms with Crippen LogP contribution in [0.4, 0.5) is 0 Å². The fraction of sp³-hybridized carbons (Fsp3) is 0.790. The van der Waals surface area contributed by atoms with Gasteiger partial charge in [-0.25, -0.2) is 4.79 Å². The number of esters is 2. The lowest BCUT2D eigenvalue weighted by Gasteiger charge is -2.25. The summed E-state index contributed by atoms with van der Waals surface area (Å²) < 4.78 is 22.9. The summed E-state index contributed by atoms with van der Waals surface area (Å²) in [7, 11) is 5.97. The van der Waals surface area contributed by atoms with Crippen molar-refractivity contribution in [1.29, 1.82) is 0 Å². The van der Waals surface area contributed by atoms with E-state index in [4.69, 9.17) is 18.9 Å². The summed E-state index contributed by atoms with van der Waals surface area (Å²) in [6, 6.07) is 0. The van der Waals surface area contributed by atoms with Gasteiger partial charge in [-0.05, 0) is 57.8 Å². The lowest BCUT2D eigenvalue weighted by molar-refractivity contribution is -0.870. The second-order valence-electron chi connectivity index (χ2n) is 20.9. The van der Waals surface area contributed by atoms with Crippen molar-refractivity contribution in [1.82, 2.24) is 0 Å². The van der Waals surface area contributed by atoms with Gasteiger partial charge in [0.25, 0.3) is 6.29 Å². The number of aliphatic carboxylic acids is 1. The molecule has 1 N–H and O–H groups in total. The van der Waals surface area contributed by atoms with Crippen molar-refractivity contribution >= 4 is 17.9 Å². The SMILES string of the molecule is CC/C=C\C/C=C\C/C=C\C/C=C\C/C=C\CCCCCCCCCCCCCCCC(=O)OC(COC(=O)CCCCCCCCCCCCCCCCCCC)COC(OCC[N+](C)(C)C)C(=O)O. The number of carbonyl (C=O) groups excluding carboxylic acids is 2. The number of carboxylic acid groups (broad SMARTS) is 1. The molecule has 2 unspecified atom stereocenters. The van der Waals surface area contributed by atoms with Crippen LogP contribution < -0.4 is 0 Å². The fourth-order valence-electron chi connectivity index (χ4n) is 8.28. The number of quaternary nitrogens is 1. The van der Waals surface area contributed by atoms with Gasteiger partial charge in [-0.1, -0.05) is 248 Å². The highest BCUT2D eigenvalue weighted by atomic mass is 16.7. The average Bonchev–Trinajstić information content (AvgIpc) is 3.34. The van der Waals surface area contributed by atoms with Crippen molar-refractivity contribution < 1.29 is 42.9 Å². The molecule has 0 amide bonds. The number of unbranched alkanes of at least 4 members (excludes halogenated alkanes) is 29. The van der Waals surface area contributed by atoms with Crippen LogP contribution in [0.2, 0.25) is 0 Å². The highest BCUT2D eigenvalue weighted by molar-refractivity contribution is 5.71. The van der Waals surface area contributed by atoms with Crippen LogP contribution in [-0.4, -0.2) is 87.4 Å². The Kier molecular flexibility index (Phi) is 51.0. The lowest BCUT2D eigenvalue weighted by Crippen LogP contribution is -2.40. The molecule has 0 aliphatic rings. The van der Waals surface area contributed by atoms with E-state index >= 15 is 0 Å². The number of hydrogen-bond donors (Lipinski definition) is 1. The average molecular weight is 1000 g/mol. The zero-order valence-corrected chi connectivity index (χ0v) is 46.9. The van der Waals surface area contributed by atoms with Gasteiger partial charge in [0.2, 0.25) is 0 Å². The second kappa shape index (κ2) is 53.3. The van der Waals surface area contributed by atoms with E-state index < -0.39 is 24.3 Å². The van der Waals surface area contributed by atoms with Crippen molar-refractivity contribution in [3.63, 3.8) is 0 Å².